The number of phosphoric ester groups is 1. The van der Waals surface area contributed by atoms with E-state index in [0.717, 1.165) is 77.0 Å². The van der Waals surface area contributed by atoms with Crippen LogP contribution in [0.3, 0.4) is 0 Å². The van der Waals surface area contributed by atoms with Gasteiger partial charge in [-0.2, -0.15) is 0 Å². The second-order valence-electron chi connectivity index (χ2n) is 12.5. The lowest BCUT2D eigenvalue weighted by molar-refractivity contribution is -0.161. The van der Waals surface area contributed by atoms with E-state index in [1.54, 1.807) is 0 Å². The van der Waals surface area contributed by atoms with Crippen molar-refractivity contribution in [3.05, 3.63) is 85.1 Å². The molecular formula is C42H69O8P. The fourth-order valence-electron chi connectivity index (χ4n) is 4.80. The van der Waals surface area contributed by atoms with Crippen LogP contribution in [0.25, 0.3) is 0 Å². The molecule has 0 aromatic carbocycles. The van der Waals surface area contributed by atoms with Crippen LogP contribution in [-0.4, -0.2) is 41.0 Å². The first kappa shape index (κ1) is 48.2. The number of carbonyl (C=O) groups is 2. The summed E-state index contributed by atoms with van der Waals surface area (Å²) in [5, 5.41) is 0. The molecule has 0 amide bonds. The average Bonchev–Trinajstić information content (AvgIpc) is 3.10. The van der Waals surface area contributed by atoms with Crippen molar-refractivity contribution in [3.63, 3.8) is 0 Å². The highest BCUT2D eigenvalue weighted by atomic mass is 31.2. The lowest BCUT2D eigenvalue weighted by Gasteiger charge is -2.18. The zero-order valence-electron chi connectivity index (χ0n) is 31.7. The molecule has 0 saturated heterocycles. The van der Waals surface area contributed by atoms with E-state index in [-0.39, 0.29) is 19.4 Å². The number of allylic oxidation sites excluding steroid dienone is 14. The van der Waals surface area contributed by atoms with Crippen molar-refractivity contribution < 1.29 is 37.9 Å². The molecular weight excluding hydrogens is 663 g/mol. The van der Waals surface area contributed by atoms with Gasteiger partial charge in [0.05, 0.1) is 6.61 Å². The maximum Gasteiger partial charge on any atom is 0.469 e. The Morgan fingerprint density at radius 1 is 0.529 bits per heavy atom. The van der Waals surface area contributed by atoms with Crippen LogP contribution in [0.5, 0.6) is 0 Å². The molecule has 1 atom stereocenters. The summed E-state index contributed by atoms with van der Waals surface area (Å²) in [6, 6.07) is 0. The quantitative estimate of drug-likeness (QED) is 0.0290. The minimum absolute atomic E-state index is 0.136. The van der Waals surface area contributed by atoms with Crippen molar-refractivity contribution in [2.45, 2.75) is 155 Å². The minimum atomic E-state index is -4.77. The molecule has 8 nitrogen and oxygen atoms in total. The molecule has 0 aliphatic heterocycles. The molecule has 0 fully saturated rings. The van der Waals surface area contributed by atoms with Gasteiger partial charge in [-0.15, -0.1) is 0 Å². The Balaban J connectivity index is 4.12. The summed E-state index contributed by atoms with van der Waals surface area (Å²) in [4.78, 5) is 42.7. The molecule has 290 valence electrons. The van der Waals surface area contributed by atoms with Gasteiger partial charge < -0.3 is 19.3 Å². The Morgan fingerprint density at radius 3 is 1.49 bits per heavy atom. The molecule has 0 aliphatic rings. The van der Waals surface area contributed by atoms with Crippen LogP contribution >= 0.6 is 7.82 Å². The van der Waals surface area contributed by atoms with Crippen molar-refractivity contribution in [3.8, 4) is 0 Å². The van der Waals surface area contributed by atoms with Crippen LogP contribution in [0.4, 0.5) is 0 Å². The van der Waals surface area contributed by atoms with Gasteiger partial charge in [-0.1, -0.05) is 144 Å². The number of rotatable bonds is 34. The van der Waals surface area contributed by atoms with Gasteiger partial charge in [0.2, 0.25) is 0 Å². The molecule has 0 unspecified atom stereocenters. The van der Waals surface area contributed by atoms with Crippen LogP contribution in [0.1, 0.15) is 149 Å². The monoisotopic (exact) mass is 732 g/mol. The van der Waals surface area contributed by atoms with Crippen LogP contribution in [0.2, 0.25) is 0 Å². The third-order valence-corrected chi connectivity index (χ3v) is 8.15. The standard InChI is InChI=1S/C42H69O8P/c1-3-5-7-9-11-13-15-17-19-20-21-22-23-25-26-28-30-32-34-36-41(43)48-38-40(39-49-51(45,46)47)50-42(44)37-35-33-31-29-27-24-18-16-14-12-10-8-6-4-2/h5,7,11,13,16-19,21-22,25-26,30,32,40H,3-4,6,8-10,12,14-15,20,23-24,27-29,31,33-39H2,1-2H3,(H2,45,46,47)/b7-5+,13-11+,18-16+,19-17+,22-21+,26-25+,32-30+/t40-/m1/s1. The molecule has 0 heterocycles. The van der Waals surface area contributed by atoms with Crippen molar-refractivity contribution in [2.24, 2.45) is 0 Å². The van der Waals surface area contributed by atoms with Crippen molar-refractivity contribution in [1.29, 1.82) is 0 Å². The zero-order chi connectivity index (χ0) is 37.5. The number of hydrogen-bond donors (Lipinski definition) is 2. The number of hydrogen-bond acceptors (Lipinski definition) is 6. The van der Waals surface area contributed by atoms with Crippen LogP contribution in [-0.2, 0) is 28.2 Å². The van der Waals surface area contributed by atoms with E-state index in [1.165, 1.54) is 32.1 Å². The molecule has 2 N–H and O–H groups in total. The summed E-state index contributed by atoms with van der Waals surface area (Å²) in [5.41, 5.74) is 0. The van der Waals surface area contributed by atoms with Crippen molar-refractivity contribution >= 4 is 19.8 Å². The zero-order valence-corrected chi connectivity index (χ0v) is 32.6. The molecule has 51 heavy (non-hydrogen) atoms. The van der Waals surface area contributed by atoms with E-state index in [4.69, 9.17) is 19.3 Å². The van der Waals surface area contributed by atoms with E-state index >= 15 is 0 Å². The summed E-state index contributed by atoms with van der Waals surface area (Å²) in [6.07, 6.45) is 48.9. The van der Waals surface area contributed by atoms with Gasteiger partial charge in [0, 0.05) is 12.8 Å². The lowest BCUT2D eigenvalue weighted by Crippen LogP contribution is -2.29. The van der Waals surface area contributed by atoms with Gasteiger partial charge in [-0.25, -0.2) is 4.57 Å². The molecule has 0 aromatic rings. The fraction of sp³-hybridized carbons (Fsp3) is 0.619. The summed E-state index contributed by atoms with van der Waals surface area (Å²) in [6.45, 7) is 3.47. The average molecular weight is 733 g/mol. The predicted octanol–water partition coefficient (Wildman–Crippen LogP) is 11.7. The first-order chi connectivity index (χ1) is 24.8. The summed E-state index contributed by atoms with van der Waals surface area (Å²) < 4.78 is 26.2. The van der Waals surface area contributed by atoms with Gasteiger partial charge in [0.1, 0.15) is 6.61 Å². The second kappa shape index (κ2) is 37.0. The van der Waals surface area contributed by atoms with E-state index in [2.05, 4.69) is 91.3 Å². The first-order valence-electron chi connectivity index (χ1n) is 19.4. The summed E-state index contributed by atoms with van der Waals surface area (Å²) >= 11 is 0. The highest BCUT2D eigenvalue weighted by Crippen LogP contribution is 2.35. The minimum Gasteiger partial charge on any atom is -0.462 e. The fourth-order valence-corrected chi connectivity index (χ4v) is 5.16. The number of unbranched alkanes of at least 4 members (excludes halogenated alkanes) is 10. The lowest BCUT2D eigenvalue weighted by atomic mass is 10.1. The van der Waals surface area contributed by atoms with Gasteiger partial charge in [-0.3, -0.25) is 14.1 Å². The van der Waals surface area contributed by atoms with Gasteiger partial charge in [-0.05, 0) is 77.0 Å². The molecule has 0 spiro atoms. The molecule has 0 aromatic heterocycles. The topological polar surface area (TPSA) is 119 Å². The number of phosphoric acid groups is 1. The molecule has 0 bridgehead atoms. The smallest absolute Gasteiger partial charge is 0.462 e. The van der Waals surface area contributed by atoms with Gasteiger partial charge >= 0.3 is 19.8 Å². The molecule has 0 aliphatic carbocycles. The molecule has 9 heteroatoms. The highest BCUT2D eigenvalue weighted by Gasteiger charge is 2.22. The third kappa shape index (κ3) is 39.9. The summed E-state index contributed by atoms with van der Waals surface area (Å²) in [5.74, 6) is -1.00. The van der Waals surface area contributed by atoms with Crippen molar-refractivity contribution in [1.82, 2.24) is 0 Å². The highest BCUT2D eigenvalue weighted by molar-refractivity contribution is 7.46. The number of carbonyl (C=O) groups excluding carboxylic acids is 2. The molecule has 0 saturated carbocycles. The Kier molecular flexibility index (Phi) is 35.0. The number of ether oxygens (including phenoxy) is 2. The van der Waals surface area contributed by atoms with E-state index in [1.807, 2.05) is 12.2 Å². The van der Waals surface area contributed by atoms with E-state index < -0.39 is 32.5 Å². The van der Waals surface area contributed by atoms with E-state index in [0.29, 0.717) is 12.8 Å². The predicted molar refractivity (Wildman–Crippen MR) is 211 cm³/mol. The SMILES string of the molecule is CC/C=C/C/C=C/C/C=C/C/C=C/C/C=C/C/C=C/CCC(=O)OC[C@H](COP(=O)(O)O)OC(=O)CCCCCCC/C=C/CCCCCCC. The normalized spacial score (nSPS) is 13.4. The van der Waals surface area contributed by atoms with E-state index in [9.17, 15) is 14.2 Å². The van der Waals surface area contributed by atoms with Crippen LogP contribution in [0.15, 0.2) is 85.1 Å². The first-order valence-corrected chi connectivity index (χ1v) is 20.9. The molecule has 0 rings (SSSR count). The molecule has 0 radical (unpaired) electrons. The van der Waals surface area contributed by atoms with Crippen LogP contribution < -0.4 is 0 Å². The van der Waals surface area contributed by atoms with Crippen LogP contribution in [0, 0.1) is 0 Å². The van der Waals surface area contributed by atoms with Crippen molar-refractivity contribution in [2.75, 3.05) is 13.2 Å². The number of esters is 2. The van der Waals surface area contributed by atoms with Gasteiger partial charge in [0.15, 0.2) is 6.10 Å². The third-order valence-electron chi connectivity index (χ3n) is 7.66. The Hall–Kier alpha value is -2.77. The second-order valence-corrected chi connectivity index (χ2v) is 13.8. The Morgan fingerprint density at radius 2 is 0.980 bits per heavy atom. The summed E-state index contributed by atoms with van der Waals surface area (Å²) in [7, 11) is -4.77. The Bertz CT molecular complexity index is 1100. The largest absolute Gasteiger partial charge is 0.469 e. The maximum absolute atomic E-state index is 12.4. The Labute approximate surface area is 310 Å². The van der Waals surface area contributed by atoms with Gasteiger partial charge in [0.25, 0.3) is 0 Å². The maximum atomic E-state index is 12.4.